The third-order valence-electron chi connectivity index (χ3n) is 5.14. The first kappa shape index (κ1) is 24.4. The van der Waals surface area contributed by atoms with Gasteiger partial charge in [-0.15, -0.1) is 0 Å². The number of nitrogens with zero attached hydrogens (tertiary/aromatic N) is 3. The zero-order chi connectivity index (χ0) is 24.5. The first-order chi connectivity index (χ1) is 16.4. The van der Waals surface area contributed by atoms with Crippen LogP contribution in [0.3, 0.4) is 0 Å². The third kappa shape index (κ3) is 5.94. The Labute approximate surface area is 195 Å². The van der Waals surface area contributed by atoms with Crippen LogP contribution in [0.25, 0.3) is 10.8 Å². The fraction of sp³-hybridized carbons (Fsp3) is 0.304. The predicted molar refractivity (Wildman–Crippen MR) is 127 cm³/mol. The van der Waals surface area contributed by atoms with Crippen LogP contribution < -0.4 is 21.7 Å². The molecule has 3 aromatic rings. The first-order valence-electron chi connectivity index (χ1n) is 11.0. The van der Waals surface area contributed by atoms with Gasteiger partial charge in [-0.05, 0) is 18.6 Å². The van der Waals surface area contributed by atoms with Crippen molar-refractivity contribution in [3.8, 4) is 0 Å². The molecule has 0 radical (unpaired) electrons. The minimum atomic E-state index is -0.652. The van der Waals surface area contributed by atoms with Crippen LogP contribution in [0.1, 0.15) is 43.1 Å². The fourth-order valence-corrected chi connectivity index (χ4v) is 3.41. The molecule has 2 aromatic carbocycles. The Bertz CT molecular complexity index is 1260. The molecule has 11 heteroatoms. The summed E-state index contributed by atoms with van der Waals surface area (Å²) >= 11 is 0. The maximum atomic E-state index is 12.8. The molecule has 11 nitrogen and oxygen atoms in total. The molecule has 178 valence electrons. The number of nitro groups is 1. The lowest BCUT2D eigenvalue weighted by atomic mass is 10.1. The van der Waals surface area contributed by atoms with Crippen LogP contribution in [0, 0.1) is 10.1 Å². The molecule has 0 fully saturated rings. The molecule has 34 heavy (non-hydrogen) atoms. The van der Waals surface area contributed by atoms with Crippen LogP contribution in [0.15, 0.2) is 53.3 Å². The van der Waals surface area contributed by atoms with E-state index in [1.54, 1.807) is 42.5 Å². The van der Waals surface area contributed by atoms with E-state index in [4.69, 9.17) is 0 Å². The summed E-state index contributed by atoms with van der Waals surface area (Å²) in [6, 6.07) is 12.8. The molecule has 0 unspecified atom stereocenters. The molecule has 0 saturated heterocycles. The minimum Gasteiger partial charge on any atom is -0.379 e. The van der Waals surface area contributed by atoms with Crippen LogP contribution in [0.4, 0.5) is 11.4 Å². The third-order valence-corrected chi connectivity index (χ3v) is 5.14. The number of anilines is 1. The van der Waals surface area contributed by atoms with Gasteiger partial charge in [0.15, 0.2) is 5.69 Å². The maximum absolute atomic E-state index is 12.8. The molecule has 0 spiro atoms. The molecule has 3 rings (SSSR count). The van der Waals surface area contributed by atoms with Crippen LogP contribution in [-0.2, 0) is 11.3 Å². The number of carbonyl (C=O) groups is 2. The van der Waals surface area contributed by atoms with Crippen LogP contribution in [-0.4, -0.2) is 33.1 Å². The van der Waals surface area contributed by atoms with E-state index in [-0.39, 0.29) is 29.9 Å². The minimum absolute atomic E-state index is 0.0324. The highest BCUT2D eigenvalue weighted by Gasteiger charge is 2.17. The SMILES string of the molecule is CCCCCn1nc(C(=O)NNC(=O)CCNc2ccccc2[N+](=O)[O-])c2ccccc2c1=O. The van der Waals surface area contributed by atoms with Crippen molar-refractivity contribution in [1.29, 1.82) is 0 Å². The molecule has 2 amide bonds. The zero-order valence-corrected chi connectivity index (χ0v) is 18.7. The molecular weight excluding hydrogens is 440 g/mol. The Morgan fingerprint density at radius 1 is 1.03 bits per heavy atom. The highest BCUT2D eigenvalue weighted by Crippen LogP contribution is 2.22. The van der Waals surface area contributed by atoms with Crippen LogP contribution in [0.5, 0.6) is 0 Å². The number of amides is 2. The molecule has 0 saturated carbocycles. The standard InChI is InChI=1S/C23H26N6O5/c1-2-3-8-15-28-23(32)17-10-5-4-9-16(17)21(27-28)22(31)26-25-20(30)13-14-24-18-11-6-7-12-19(18)29(33)34/h4-7,9-12,24H,2-3,8,13-15H2,1H3,(H,25,30)(H,26,31). The van der Waals surface area contributed by atoms with Gasteiger partial charge in [-0.25, -0.2) is 4.68 Å². The monoisotopic (exact) mass is 466 g/mol. The molecule has 1 heterocycles. The highest BCUT2D eigenvalue weighted by molar-refractivity contribution is 6.05. The normalized spacial score (nSPS) is 10.6. The van der Waals surface area contributed by atoms with Gasteiger partial charge in [0.25, 0.3) is 17.2 Å². The smallest absolute Gasteiger partial charge is 0.292 e. The number of fused-ring (bicyclic) bond motifs is 1. The van der Waals surface area contributed by atoms with Crippen molar-refractivity contribution in [3.05, 3.63) is 74.7 Å². The Morgan fingerprint density at radius 2 is 1.74 bits per heavy atom. The van der Waals surface area contributed by atoms with Gasteiger partial charge in [-0.3, -0.25) is 35.3 Å². The van der Waals surface area contributed by atoms with E-state index in [1.807, 2.05) is 0 Å². The molecule has 0 aliphatic heterocycles. The molecular formula is C23H26N6O5. The Balaban J connectivity index is 1.63. The summed E-state index contributed by atoms with van der Waals surface area (Å²) in [6.45, 7) is 2.56. The number of hydrogen-bond donors (Lipinski definition) is 3. The number of aryl methyl sites for hydroxylation is 1. The molecule has 3 N–H and O–H groups in total. The van der Waals surface area contributed by atoms with Crippen LogP contribution >= 0.6 is 0 Å². The second-order valence-corrected chi connectivity index (χ2v) is 7.58. The van der Waals surface area contributed by atoms with Gasteiger partial charge in [0.05, 0.1) is 10.3 Å². The van der Waals surface area contributed by atoms with E-state index in [9.17, 15) is 24.5 Å². The van der Waals surface area contributed by atoms with Crippen LogP contribution in [0.2, 0.25) is 0 Å². The number of carbonyl (C=O) groups excluding carboxylic acids is 2. The van der Waals surface area contributed by atoms with Gasteiger partial charge in [0.1, 0.15) is 5.69 Å². The van der Waals surface area contributed by atoms with E-state index < -0.39 is 16.7 Å². The summed E-state index contributed by atoms with van der Waals surface area (Å²) in [5.74, 6) is -1.15. The molecule has 0 bridgehead atoms. The van der Waals surface area contributed by atoms with E-state index >= 15 is 0 Å². The molecule has 0 aliphatic rings. The summed E-state index contributed by atoms with van der Waals surface area (Å²) in [5, 5.41) is 18.9. The average molecular weight is 466 g/mol. The Hall–Kier alpha value is -4.28. The lowest BCUT2D eigenvalue weighted by Gasteiger charge is -2.12. The largest absolute Gasteiger partial charge is 0.379 e. The van der Waals surface area contributed by atoms with Crippen molar-refractivity contribution in [3.63, 3.8) is 0 Å². The van der Waals surface area contributed by atoms with E-state index in [0.717, 1.165) is 19.3 Å². The van der Waals surface area contributed by atoms with Crippen molar-refractivity contribution < 1.29 is 14.5 Å². The van der Waals surface area contributed by atoms with Gasteiger partial charge in [0.2, 0.25) is 5.91 Å². The molecule has 1 aromatic heterocycles. The number of unbranched alkanes of at least 4 members (excludes halogenated alkanes) is 2. The number of para-hydroxylation sites is 2. The number of hydrogen-bond acceptors (Lipinski definition) is 7. The zero-order valence-electron chi connectivity index (χ0n) is 18.7. The van der Waals surface area contributed by atoms with Gasteiger partial charge in [-0.2, -0.15) is 5.10 Å². The summed E-state index contributed by atoms with van der Waals surface area (Å²) in [7, 11) is 0. The van der Waals surface area contributed by atoms with Crippen molar-refractivity contribution in [2.75, 3.05) is 11.9 Å². The Kier molecular flexibility index (Phi) is 8.27. The first-order valence-corrected chi connectivity index (χ1v) is 11.0. The summed E-state index contributed by atoms with van der Waals surface area (Å²) in [4.78, 5) is 48.2. The fourth-order valence-electron chi connectivity index (χ4n) is 3.41. The summed E-state index contributed by atoms with van der Waals surface area (Å²) < 4.78 is 1.28. The summed E-state index contributed by atoms with van der Waals surface area (Å²) in [6.07, 6.45) is 2.62. The number of aromatic nitrogens is 2. The lowest BCUT2D eigenvalue weighted by molar-refractivity contribution is -0.384. The Morgan fingerprint density at radius 3 is 2.47 bits per heavy atom. The highest BCUT2D eigenvalue weighted by atomic mass is 16.6. The number of benzene rings is 2. The van der Waals surface area contributed by atoms with Gasteiger partial charge < -0.3 is 5.32 Å². The van der Waals surface area contributed by atoms with Crippen molar-refractivity contribution >= 4 is 34.0 Å². The van der Waals surface area contributed by atoms with E-state index in [0.29, 0.717) is 23.0 Å². The maximum Gasteiger partial charge on any atom is 0.292 e. The topological polar surface area (TPSA) is 148 Å². The number of nitrogens with one attached hydrogen (secondary N) is 3. The summed E-state index contributed by atoms with van der Waals surface area (Å²) in [5.41, 5.74) is 4.61. The number of nitro benzene ring substituents is 1. The van der Waals surface area contributed by atoms with Gasteiger partial charge >= 0.3 is 0 Å². The predicted octanol–water partition coefficient (Wildman–Crippen LogP) is 2.76. The molecule has 0 aliphatic carbocycles. The van der Waals surface area contributed by atoms with Crippen molar-refractivity contribution in [2.45, 2.75) is 39.2 Å². The van der Waals surface area contributed by atoms with E-state index in [2.05, 4.69) is 28.2 Å². The van der Waals surface area contributed by atoms with Gasteiger partial charge in [0, 0.05) is 31.0 Å². The van der Waals surface area contributed by atoms with E-state index in [1.165, 1.54) is 10.7 Å². The second kappa shape index (κ2) is 11.5. The molecule has 0 atom stereocenters. The second-order valence-electron chi connectivity index (χ2n) is 7.58. The quantitative estimate of drug-likeness (QED) is 0.236. The van der Waals surface area contributed by atoms with Gasteiger partial charge in [-0.1, -0.05) is 50.1 Å². The average Bonchev–Trinajstić information content (AvgIpc) is 2.84. The number of rotatable bonds is 10. The lowest BCUT2D eigenvalue weighted by Crippen LogP contribution is -2.43. The van der Waals surface area contributed by atoms with Crippen molar-refractivity contribution in [1.82, 2.24) is 20.6 Å². The van der Waals surface area contributed by atoms with Crippen molar-refractivity contribution in [2.24, 2.45) is 0 Å². The number of hydrazine groups is 1.